The van der Waals surface area contributed by atoms with E-state index in [0.717, 1.165) is 6.42 Å². The maximum absolute atomic E-state index is 10.8. The molecule has 0 aliphatic heterocycles. The quantitative estimate of drug-likeness (QED) is 0.706. The molecule has 1 aromatic rings. The topological polar surface area (TPSA) is 78.3 Å². The van der Waals surface area contributed by atoms with Crippen LogP contribution >= 0.6 is 0 Å². The smallest absolute Gasteiger partial charge is 0.248 e. The van der Waals surface area contributed by atoms with E-state index < -0.39 is 5.91 Å². The molecule has 0 unspecified atom stereocenters. The van der Waals surface area contributed by atoms with Crippen molar-refractivity contribution in [1.29, 1.82) is 0 Å². The molecule has 0 bridgehead atoms. The average molecular weight is 194 g/mol. The van der Waals surface area contributed by atoms with Crippen LogP contribution in [0.15, 0.2) is 18.2 Å². The third-order valence-electron chi connectivity index (χ3n) is 1.76. The fraction of sp³-hybridized carbons (Fsp3) is 0.300. The average Bonchev–Trinajstić information content (AvgIpc) is 2.15. The van der Waals surface area contributed by atoms with E-state index in [2.05, 4.69) is 0 Å². The van der Waals surface area contributed by atoms with Crippen LogP contribution in [-0.2, 0) is 0 Å². The molecule has 0 aliphatic carbocycles. The molecule has 4 heteroatoms. The van der Waals surface area contributed by atoms with Crippen molar-refractivity contribution >= 4 is 11.6 Å². The maximum Gasteiger partial charge on any atom is 0.248 e. The monoisotopic (exact) mass is 194 g/mol. The summed E-state index contributed by atoms with van der Waals surface area (Å²) in [6.07, 6.45) is 0.914. The molecule has 76 valence electrons. The van der Waals surface area contributed by atoms with Gasteiger partial charge in [0.15, 0.2) is 0 Å². The van der Waals surface area contributed by atoms with Gasteiger partial charge in [0.1, 0.15) is 5.75 Å². The normalized spacial score (nSPS) is 9.79. The van der Waals surface area contributed by atoms with Crippen LogP contribution in [0.25, 0.3) is 0 Å². The Morgan fingerprint density at radius 1 is 1.50 bits per heavy atom. The first-order valence-electron chi connectivity index (χ1n) is 4.47. The number of nitrogens with two attached hydrogens (primary N) is 2. The third-order valence-corrected chi connectivity index (χ3v) is 1.76. The fourth-order valence-corrected chi connectivity index (χ4v) is 1.05. The summed E-state index contributed by atoms with van der Waals surface area (Å²) in [7, 11) is 0. The van der Waals surface area contributed by atoms with Crippen molar-refractivity contribution in [2.45, 2.75) is 13.3 Å². The Morgan fingerprint density at radius 3 is 2.71 bits per heavy atom. The summed E-state index contributed by atoms with van der Waals surface area (Å²) in [6.45, 7) is 2.62. The zero-order valence-corrected chi connectivity index (χ0v) is 8.12. The van der Waals surface area contributed by atoms with Crippen molar-refractivity contribution < 1.29 is 9.53 Å². The van der Waals surface area contributed by atoms with Crippen molar-refractivity contribution in [1.82, 2.24) is 0 Å². The van der Waals surface area contributed by atoms with Crippen LogP contribution in [0.2, 0.25) is 0 Å². The van der Waals surface area contributed by atoms with Gasteiger partial charge in [0.2, 0.25) is 5.91 Å². The van der Waals surface area contributed by atoms with E-state index >= 15 is 0 Å². The second-order valence-electron chi connectivity index (χ2n) is 2.97. The van der Waals surface area contributed by atoms with Crippen LogP contribution in [0.4, 0.5) is 5.69 Å². The summed E-state index contributed by atoms with van der Waals surface area (Å²) in [5.41, 5.74) is 11.6. The molecule has 4 N–H and O–H groups in total. The van der Waals surface area contributed by atoms with E-state index in [1.807, 2.05) is 6.92 Å². The van der Waals surface area contributed by atoms with E-state index in [4.69, 9.17) is 16.2 Å². The van der Waals surface area contributed by atoms with E-state index in [-0.39, 0.29) is 0 Å². The SMILES string of the molecule is CCCOc1ccc(C(N)=O)cc1N. The van der Waals surface area contributed by atoms with Gasteiger partial charge in [0.05, 0.1) is 12.3 Å². The highest BCUT2D eigenvalue weighted by atomic mass is 16.5. The van der Waals surface area contributed by atoms with Gasteiger partial charge in [-0.1, -0.05) is 6.92 Å². The number of hydrogen-bond acceptors (Lipinski definition) is 3. The Balaban J connectivity index is 2.84. The Morgan fingerprint density at radius 2 is 2.21 bits per heavy atom. The third kappa shape index (κ3) is 2.39. The van der Waals surface area contributed by atoms with Gasteiger partial charge >= 0.3 is 0 Å². The molecular formula is C10H14N2O2. The number of benzene rings is 1. The Labute approximate surface area is 82.8 Å². The molecule has 0 spiro atoms. The van der Waals surface area contributed by atoms with Crippen LogP contribution in [0.3, 0.4) is 0 Å². The summed E-state index contributed by atoms with van der Waals surface area (Å²) in [6, 6.07) is 4.78. The highest BCUT2D eigenvalue weighted by molar-refractivity contribution is 5.94. The van der Waals surface area contributed by atoms with Gasteiger partial charge in [-0.2, -0.15) is 0 Å². The largest absolute Gasteiger partial charge is 0.491 e. The first-order chi connectivity index (χ1) is 6.65. The highest BCUT2D eigenvalue weighted by Crippen LogP contribution is 2.22. The molecule has 0 saturated heterocycles. The first kappa shape index (κ1) is 10.4. The highest BCUT2D eigenvalue weighted by Gasteiger charge is 2.04. The molecule has 0 radical (unpaired) electrons. The second-order valence-corrected chi connectivity index (χ2v) is 2.97. The number of anilines is 1. The number of carbonyl (C=O) groups excluding carboxylic acids is 1. The molecule has 14 heavy (non-hydrogen) atoms. The molecule has 0 fully saturated rings. The van der Waals surface area contributed by atoms with E-state index in [1.165, 1.54) is 6.07 Å². The molecular weight excluding hydrogens is 180 g/mol. The molecule has 1 rings (SSSR count). The van der Waals surface area contributed by atoms with Crippen molar-refractivity contribution in [2.75, 3.05) is 12.3 Å². The summed E-state index contributed by atoms with van der Waals surface area (Å²) in [5, 5.41) is 0. The van der Waals surface area contributed by atoms with Gasteiger partial charge in [-0.3, -0.25) is 4.79 Å². The molecule has 1 aromatic carbocycles. The zero-order valence-electron chi connectivity index (χ0n) is 8.12. The molecule has 0 saturated carbocycles. The van der Waals surface area contributed by atoms with Gasteiger partial charge in [0, 0.05) is 5.56 Å². The van der Waals surface area contributed by atoms with Gasteiger partial charge in [-0.25, -0.2) is 0 Å². The van der Waals surface area contributed by atoms with Crippen molar-refractivity contribution in [3.8, 4) is 5.75 Å². The van der Waals surface area contributed by atoms with Gasteiger partial charge < -0.3 is 16.2 Å². The summed E-state index contributed by atoms with van der Waals surface area (Å²) < 4.78 is 5.34. The standard InChI is InChI=1S/C10H14N2O2/c1-2-5-14-9-4-3-7(10(12)13)6-8(9)11/h3-4,6H,2,5,11H2,1H3,(H2,12,13). The molecule has 1 amide bonds. The lowest BCUT2D eigenvalue weighted by atomic mass is 10.2. The molecule has 4 nitrogen and oxygen atoms in total. The van der Waals surface area contributed by atoms with Crippen molar-refractivity contribution in [3.63, 3.8) is 0 Å². The van der Waals surface area contributed by atoms with Gasteiger partial charge in [0.25, 0.3) is 0 Å². The van der Waals surface area contributed by atoms with Crippen LogP contribution in [0.1, 0.15) is 23.7 Å². The lowest BCUT2D eigenvalue weighted by Gasteiger charge is -2.08. The summed E-state index contributed by atoms with van der Waals surface area (Å²) in [5.74, 6) is 0.107. The van der Waals surface area contributed by atoms with Crippen LogP contribution < -0.4 is 16.2 Å². The fourth-order valence-electron chi connectivity index (χ4n) is 1.05. The van der Waals surface area contributed by atoms with Gasteiger partial charge in [-0.15, -0.1) is 0 Å². The minimum Gasteiger partial charge on any atom is -0.491 e. The molecule has 0 heterocycles. The van der Waals surface area contributed by atoms with Crippen LogP contribution in [0, 0.1) is 0 Å². The predicted molar refractivity (Wildman–Crippen MR) is 55.2 cm³/mol. The lowest BCUT2D eigenvalue weighted by Crippen LogP contribution is -2.11. The Kier molecular flexibility index (Phi) is 3.34. The zero-order chi connectivity index (χ0) is 10.6. The van der Waals surface area contributed by atoms with Crippen molar-refractivity contribution in [3.05, 3.63) is 23.8 Å². The number of nitrogen functional groups attached to an aromatic ring is 1. The van der Waals surface area contributed by atoms with E-state index in [0.29, 0.717) is 23.6 Å². The minimum absolute atomic E-state index is 0.395. The Hall–Kier alpha value is -1.71. The predicted octanol–water partition coefficient (Wildman–Crippen LogP) is 1.16. The number of carbonyl (C=O) groups is 1. The maximum atomic E-state index is 10.8. The number of hydrogen-bond donors (Lipinski definition) is 2. The molecule has 0 aliphatic rings. The molecule has 0 atom stereocenters. The summed E-state index contributed by atoms with van der Waals surface area (Å²) >= 11 is 0. The number of rotatable bonds is 4. The Bertz CT molecular complexity index is 337. The minimum atomic E-state index is -0.487. The molecule has 0 aromatic heterocycles. The second kappa shape index (κ2) is 4.50. The van der Waals surface area contributed by atoms with E-state index in [9.17, 15) is 4.79 Å². The summed E-state index contributed by atoms with van der Waals surface area (Å²) in [4.78, 5) is 10.8. The van der Waals surface area contributed by atoms with E-state index in [1.54, 1.807) is 12.1 Å². The number of ether oxygens (including phenoxy) is 1. The van der Waals surface area contributed by atoms with Crippen LogP contribution in [0.5, 0.6) is 5.75 Å². The lowest BCUT2D eigenvalue weighted by molar-refractivity contribution is 0.100. The first-order valence-corrected chi connectivity index (χ1v) is 4.47. The number of primary amides is 1. The van der Waals surface area contributed by atoms with Crippen molar-refractivity contribution in [2.24, 2.45) is 5.73 Å². The number of amides is 1. The van der Waals surface area contributed by atoms with Gasteiger partial charge in [-0.05, 0) is 24.6 Å². The van der Waals surface area contributed by atoms with Crippen LogP contribution in [-0.4, -0.2) is 12.5 Å².